The molecule has 1 amide bonds. The number of H-pyrrole nitrogens is 1. The van der Waals surface area contributed by atoms with Gasteiger partial charge < -0.3 is 15.6 Å². The predicted octanol–water partition coefficient (Wildman–Crippen LogP) is 2.25. The number of primary amides is 1. The topological polar surface area (TPSA) is 97.5 Å². The molecule has 0 aliphatic carbocycles. The van der Waals surface area contributed by atoms with Crippen LogP contribution < -0.4 is 15.4 Å². The summed E-state index contributed by atoms with van der Waals surface area (Å²) >= 11 is 1.13. The summed E-state index contributed by atoms with van der Waals surface area (Å²) in [4.78, 5) is 30.5. The quantitative estimate of drug-likeness (QED) is 0.555. The van der Waals surface area contributed by atoms with E-state index in [-0.39, 0.29) is 11.3 Å². The molecule has 1 heterocycles. The molecule has 116 valence electrons. The highest BCUT2D eigenvalue weighted by molar-refractivity contribution is 7.16. The first-order valence-electron chi connectivity index (χ1n) is 6.82. The number of rotatable bonds is 5. The van der Waals surface area contributed by atoms with E-state index in [1.807, 2.05) is 30.3 Å². The van der Waals surface area contributed by atoms with Crippen LogP contribution in [0.15, 0.2) is 58.5 Å². The van der Waals surface area contributed by atoms with Gasteiger partial charge in [-0.3, -0.25) is 9.59 Å². The van der Waals surface area contributed by atoms with Crippen LogP contribution in [0.25, 0.3) is 10.2 Å². The Morgan fingerprint density at radius 1 is 1.22 bits per heavy atom. The molecule has 7 heteroatoms. The molecule has 1 aromatic heterocycles. The summed E-state index contributed by atoms with van der Waals surface area (Å²) in [5.41, 5.74) is 7.15. The van der Waals surface area contributed by atoms with Gasteiger partial charge in [0.15, 0.2) is 5.75 Å². The second-order valence-corrected chi connectivity index (χ2v) is 5.83. The maximum absolute atomic E-state index is 11.3. The summed E-state index contributed by atoms with van der Waals surface area (Å²) in [6.07, 6.45) is -0.0262. The fourth-order valence-corrected chi connectivity index (χ4v) is 2.80. The minimum absolute atomic E-state index is 0.0262. The summed E-state index contributed by atoms with van der Waals surface area (Å²) in [5.74, 6) is -0.0294. The molecule has 0 radical (unpaired) electrons. The molecule has 0 fully saturated rings. The summed E-state index contributed by atoms with van der Waals surface area (Å²) in [5, 5.41) is 4.05. The first-order chi connectivity index (χ1) is 11.1. The van der Waals surface area contributed by atoms with E-state index in [9.17, 15) is 9.59 Å². The van der Waals surface area contributed by atoms with Crippen molar-refractivity contribution in [1.29, 1.82) is 0 Å². The monoisotopic (exact) mass is 327 g/mol. The molecule has 0 atom stereocenters. The first kappa shape index (κ1) is 15.0. The van der Waals surface area contributed by atoms with E-state index in [4.69, 9.17) is 10.6 Å². The smallest absolute Gasteiger partial charge is 0.305 e. The molecule has 0 aliphatic heterocycles. The van der Waals surface area contributed by atoms with Crippen LogP contribution >= 0.6 is 11.3 Å². The number of hydrogen-bond donors (Lipinski definition) is 2. The molecule has 6 nitrogen and oxygen atoms in total. The van der Waals surface area contributed by atoms with Gasteiger partial charge in [-0.1, -0.05) is 46.8 Å². The minimum atomic E-state index is -0.492. The number of amides is 1. The van der Waals surface area contributed by atoms with Gasteiger partial charge in [0.2, 0.25) is 5.91 Å². The van der Waals surface area contributed by atoms with Gasteiger partial charge in [0.05, 0.1) is 22.3 Å². The third-order valence-corrected chi connectivity index (χ3v) is 3.96. The molecule has 0 aliphatic rings. The Morgan fingerprint density at radius 2 is 2.00 bits per heavy atom. The van der Waals surface area contributed by atoms with Crippen LogP contribution in [0.2, 0.25) is 0 Å². The molecule has 23 heavy (non-hydrogen) atoms. The number of nitrogens with one attached hydrogen (secondary N) is 1. The SMILES string of the molecule is NC(=O)C/C(=N\Oc1ccc2sc(=O)[nH]c2c1)c1ccccc1. The lowest BCUT2D eigenvalue weighted by Crippen LogP contribution is -2.17. The van der Waals surface area contributed by atoms with Crippen molar-refractivity contribution in [2.45, 2.75) is 6.42 Å². The number of thiazole rings is 1. The van der Waals surface area contributed by atoms with E-state index >= 15 is 0 Å². The first-order valence-corrected chi connectivity index (χ1v) is 7.64. The zero-order chi connectivity index (χ0) is 16.2. The van der Waals surface area contributed by atoms with Crippen LogP contribution in [-0.2, 0) is 4.79 Å². The number of aromatic nitrogens is 1. The van der Waals surface area contributed by atoms with Gasteiger partial charge in [-0.25, -0.2) is 0 Å². The van der Waals surface area contributed by atoms with Crippen molar-refractivity contribution in [1.82, 2.24) is 4.98 Å². The largest absolute Gasteiger partial charge is 0.369 e. The Labute approximate surface area is 135 Å². The maximum atomic E-state index is 11.3. The lowest BCUT2D eigenvalue weighted by molar-refractivity contribution is -0.116. The second kappa shape index (κ2) is 6.45. The summed E-state index contributed by atoms with van der Waals surface area (Å²) < 4.78 is 0.840. The summed E-state index contributed by atoms with van der Waals surface area (Å²) in [7, 11) is 0. The van der Waals surface area contributed by atoms with Crippen molar-refractivity contribution in [3.63, 3.8) is 0 Å². The number of nitrogens with zero attached hydrogens (tertiary/aromatic N) is 1. The van der Waals surface area contributed by atoms with Crippen LogP contribution in [0.1, 0.15) is 12.0 Å². The highest BCUT2D eigenvalue weighted by atomic mass is 32.1. The number of fused-ring (bicyclic) bond motifs is 1. The zero-order valence-electron chi connectivity index (χ0n) is 12.0. The molecule has 3 rings (SSSR count). The van der Waals surface area contributed by atoms with Gasteiger partial charge in [0.25, 0.3) is 0 Å². The zero-order valence-corrected chi connectivity index (χ0v) is 12.8. The minimum Gasteiger partial charge on any atom is -0.369 e. The van der Waals surface area contributed by atoms with Crippen LogP contribution in [0, 0.1) is 0 Å². The van der Waals surface area contributed by atoms with E-state index in [1.165, 1.54) is 0 Å². The van der Waals surface area contributed by atoms with E-state index in [0.717, 1.165) is 21.6 Å². The van der Waals surface area contributed by atoms with E-state index in [0.29, 0.717) is 17.0 Å². The fraction of sp³-hybridized carbons (Fsp3) is 0.0625. The number of nitrogens with two attached hydrogens (primary N) is 1. The van der Waals surface area contributed by atoms with Crippen molar-refractivity contribution in [3.8, 4) is 5.75 Å². The molecule has 0 saturated heterocycles. The number of carbonyl (C=O) groups is 1. The fourth-order valence-electron chi connectivity index (χ4n) is 2.08. The molecule has 0 spiro atoms. The number of aromatic amines is 1. The van der Waals surface area contributed by atoms with E-state index in [2.05, 4.69) is 10.1 Å². The van der Waals surface area contributed by atoms with E-state index < -0.39 is 5.91 Å². The van der Waals surface area contributed by atoms with Crippen LogP contribution in [0.5, 0.6) is 5.75 Å². The van der Waals surface area contributed by atoms with Crippen LogP contribution in [0.4, 0.5) is 0 Å². The van der Waals surface area contributed by atoms with Gasteiger partial charge in [0.1, 0.15) is 0 Å². The normalized spacial score (nSPS) is 11.6. The number of hydrogen-bond acceptors (Lipinski definition) is 5. The van der Waals surface area contributed by atoms with Crippen LogP contribution in [-0.4, -0.2) is 16.6 Å². The molecule has 0 bridgehead atoms. The third-order valence-electron chi connectivity index (χ3n) is 3.10. The Balaban J connectivity index is 1.89. The Hall–Kier alpha value is -2.93. The molecule has 2 aromatic carbocycles. The van der Waals surface area contributed by atoms with E-state index in [1.54, 1.807) is 18.2 Å². The molecule has 0 unspecified atom stereocenters. The second-order valence-electron chi connectivity index (χ2n) is 4.81. The highest BCUT2D eigenvalue weighted by Gasteiger charge is 2.09. The van der Waals surface area contributed by atoms with Gasteiger partial charge in [-0.15, -0.1) is 0 Å². The van der Waals surface area contributed by atoms with Crippen molar-refractivity contribution in [3.05, 3.63) is 63.8 Å². The van der Waals surface area contributed by atoms with Crippen molar-refractivity contribution in [2.75, 3.05) is 0 Å². The molecule has 3 N–H and O–H groups in total. The van der Waals surface area contributed by atoms with Crippen molar-refractivity contribution < 1.29 is 9.63 Å². The lowest BCUT2D eigenvalue weighted by Gasteiger charge is -2.05. The lowest BCUT2D eigenvalue weighted by atomic mass is 10.1. The average molecular weight is 327 g/mol. The standard InChI is InChI=1S/C16H13N3O3S/c17-15(20)9-12(10-4-2-1-3-5-10)19-22-11-6-7-14-13(8-11)18-16(21)23-14/h1-8H,9H2,(H2,17,20)(H,18,21)/b19-12+. The summed E-state index contributed by atoms with van der Waals surface area (Å²) in [6, 6.07) is 14.4. The van der Waals surface area contributed by atoms with Gasteiger partial charge in [-0.05, 0) is 17.7 Å². The predicted molar refractivity (Wildman–Crippen MR) is 89.9 cm³/mol. The van der Waals surface area contributed by atoms with Gasteiger partial charge in [0, 0.05) is 6.07 Å². The number of benzene rings is 2. The highest BCUT2D eigenvalue weighted by Crippen LogP contribution is 2.21. The van der Waals surface area contributed by atoms with Gasteiger partial charge >= 0.3 is 4.87 Å². The molecular formula is C16H13N3O3S. The molecular weight excluding hydrogens is 314 g/mol. The van der Waals surface area contributed by atoms with Crippen molar-refractivity contribution >= 4 is 33.2 Å². The summed E-state index contributed by atoms with van der Waals surface area (Å²) in [6.45, 7) is 0. The molecule has 0 saturated carbocycles. The number of carbonyl (C=O) groups excluding carboxylic acids is 1. The number of oxime groups is 1. The molecule has 3 aromatic rings. The Bertz CT molecular complexity index is 928. The van der Waals surface area contributed by atoms with Crippen LogP contribution in [0.3, 0.4) is 0 Å². The Kier molecular flexibility index (Phi) is 4.20. The maximum Gasteiger partial charge on any atom is 0.305 e. The third kappa shape index (κ3) is 3.64. The Morgan fingerprint density at radius 3 is 2.74 bits per heavy atom. The average Bonchev–Trinajstić information content (AvgIpc) is 2.91. The van der Waals surface area contributed by atoms with Crippen molar-refractivity contribution in [2.24, 2.45) is 10.9 Å². The van der Waals surface area contributed by atoms with Gasteiger partial charge in [-0.2, -0.15) is 0 Å².